The Hall–Kier alpha value is -3.13. The zero-order chi connectivity index (χ0) is 17.2. The second kappa shape index (κ2) is 6.40. The van der Waals surface area contributed by atoms with Crippen LogP contribution in [0.25, 0.3) is 16.5 Å². The molecule has 0 aliphatic rings. The summed E-state index contributed by atoms with van der Waals surface area (Å²) >= 11 is 3.47. The molecule has 2 aromatic heterocycles. The number of anilines is 1. The molecule has 0 aliphatic heterocycles. The first-order valence-electron chi connectivity index (χ1n) is 7.41. The molecule has 0 spiro atoms. The highest BCUT2D eigenvalue weighted by molar-refractivity contribution is 9.10. The van der Waals surface area contributed by atoms with Crippen molar-refractivity contribution in [2.45, 2.75) is 0 Å². The van der Waals surface area contributed by atoms with E-state index in [9.17, 15) is 0 Å². The van der Waals surface area contributed by atoms with Crippen LogP contribution in [-0.4, -0.2) is 19.7 Å². The maximum Gasteiger partial charge on any atom is 0.151 e. The van der Waals surface area contributed by atoms with Crippen molar-refractivity contribution in [3.63, 3.8) is 0 Å². The van der Waals surface area contributed by atoms with Crippen molar-refractivity contribution in [3.05, 3.63) is 65.8 Å². The van der Waals surface area contributed by atoms with Crippen molar-refractivity contribution < 1.29 is 0 Å². The second-order valence-corrected chi connectivity index (χ2v) is 6.22. The van der Waals surface area contributed by atoms with E-state index in [1.807, 2.05) is 47.0 Å². The summed E-state index contributed by atoms with van der Waals surface area (Å²) in [5, 5.41) is 18.0. The molecule has 0 saturated heterocycles. The molecule has 0 amide bonds. The molecule has 122 valence electrons. The average molecular weight is 394 g/mol. The molecule has 4 rings (SSSR count). The molecule has 7 nitrogen and oxygen atoms in total. The molecule has 8 heteroatoms. The summed E-state index contributed by atoms with van der Waals surface area (Å²) in [6, 6.07) is 13.4. The van der Waals surface area contributed by atoms with Gasteiger partial charge in [-0.3, -0.25) is 4.57 Å². The van der Waals surface area contributed by atoms with Gasteiger partial charge in [0, 0.05) is 27.1 Å². The van der Waals surface area contributed by atoms with Crippen LogP contribution in [0.1, 0.15) is 0 Å². The lowest BCUT2D eigenvalue weighted by Gasteiger charge is -2.05. The molecule has 0 atom stereocenters. The molecular weight excluding hydrogens is 382 g/mol. The van der Waals surface area contributed by atoms with Gasteiger partial charge >= 0.3 is 0 Å². The quantitative estimate of drug-likeness (QED) is 0.515. The molecule has 0 saturated carbocycles. The minimum atomic E-state index is 0.343. The maximum absolute atomic E-state index is 5.99. The monoisotopic (exact) mass is 393 g/mol. The van der Waals surface area contributed by atoms with Gasteiger partial charge in [0.15, 0.2) is 5.82 Å². The van der Waals surface area contributed by atoms with Crippen LogP contribution < -0.4 is 5.73 Å². The highest BCUT2D eigenvalue weighted by atomic mass is 79.9. The Morgan fingerprint density at radius 2 is 1.72 bits per heavy atom. The summed E-state index contributed by atoms with van der Waals surface area (Å²) < 4.78 is 2.76. The van der Waals surface area contributed by atoms with Crippen molar-refractivity contribution in [3.8, 4) is 5.69 Å². The first-order chi connectivity index (χ1) is 12.2. The van der Waals surface area contributed by atoms with Crippen LogP contribution in [0.4, 0.5) is 17.2 Å². The van der Waals surface area contributed by atoms with E-state index in [0.29, 0.717) is 17.2 Å². The fourth-order valence-corrected chi connectivity index (χ4v) is 2.78. The average Bonchev–Trinajstić information content (AvgIpc) is 3.16. The number of pyridine rings is 1. The molecule has 2 N–H and O–H groups in total. The number of halogens is 1. The Kier molecular flexibility index (Phi) is 3.95. The number of nitrogens with two attached hydrogens (primary N) is 1. The molecule has 25 heavy (non-hydrogen) atoms. The van der Waals surface area contributed by atoms with Gasteiger partial charge in [-0.15, -0.1) is 15.3 Å². The van der Waals surface area contributed by atoms with Crippen molar-refractivity contribution >= 4 is 43.9 Å². The Bertz CT molecular complexity index is 1050. The Labute approximate surface area is 151 Å². The van der Waals surface area contributed by atoms with Crippen LogP contribution in [0.3, 0.4) is 0 Å². The Morgan fingerprint density at radius 3 is 2.48 bits per heavy atom. The van der Waals surface area contributed by atoms with E-state index >= 15 is 0 Å². The van der Waals surface area contributed by atoms with E-state index in [-0.39, 0.29) is 0 Å². The fraction of sp³-hybridized carbons (Fsp3) is 0. The number of nitrogens with zero attached hydrogens (tertiary/aromatic N) is 6. The standard InChI is InChI=1S/C17H12BrN7/c18-12-2-1-11-8-20-17(19)16(15(11)7-12)24-23-13-3-5-14(6-4-13)25-9-21-22-10-25/h1-10H,(H2,19,20). The zero-order valence-electron chi connectivity index (χ0n) is 12.9. The highest BCUT2D eigenvalue weighted by Gasteiger charge is 2.07. The van der Waals surface area contributed by atoms with E-state index in [4.69, 9.17) is 5.73 Å². The Balaban J connectivity index is 1.69. The van der Waals surface area contributed by atoms with Gasteiger partial charge < -0.3 is 5.73 Å². The van der Waals surface area contributed by atoms with E-state index in [0.717, 1.165) is 20.9 Å². The van der Waals surface area contributed by atoms with Crippen LogP contribution in [0.2, 0.25) is 0 Å². The van der Waals surface area contributed by atoms with Crippen molar-refractivity contribution in [1.82, 2.24) is 19.7 Å². The second-order valence-electron chi connectivity index (χ2n) is 5.31. The zero-order valence-corrected chi connectivity index (χ0v) is 14.5. The number of benzene rings is 2. The number of azo groups is 1. The maximum atomic E-state index is 5.99. The van der Waals surface area contributed by atoms with Gasteiger partial charge in [0.1, 0.15) is 18.3 Å². The van der Waals surface area contributed by atoms with Gasteiger partial charge in [0.05, 0.1) is 5.69 Å². The van der Waals surface area contributed by atoms with Gasteiger partial charge in [-0.1, -0.05) is 22.0 Å². The summed E-state index contributed by atoms with van der Waals surface area (Å²) in [7, 11) is 0. The van der Waals surface area contributed by atoms with Gasteiger partial charge in [-0.2, -0.15) is 5.11 Å². The molecule has 0 bridgehead atoms. The molecular formula is C17H12BrN7. The number of hydrogen-bond donors (Lipinski definition) is 1. The lowest BCUT2D eigenvalue weighted by Crippen LogP contribution is -1.91. The lowest BCUT2D eigenvalue weighted by atomic mass is 10.1. The summed E-state index contributed by atoms with van der Waals surface area (Å²) in [5.41, 5.74) is 8.20. The van der Waals surface area contributed by atoms with Crippen LogP contribution in [0, 0.1) is 0 Å². The molecule has 2 aromatic carbocycles. The highest BCUT2D eigenvalue weighted by Crippen LogP contribution is 2.33. The first-order valence-corrected chi connectivity index (χ1v) is 8.20. The van der Waals surface area contributed by atoms with Crippen molar-refractivity contribution in [2.24, 2.45) is 10.2 Å². The van der Waals surface area contributed by atoms with Crippen LogP contribution >= 0.6 is 15.9 Å². The largest absolute Gasteiger partial charge is 0.382 e. The van der Waals surface area contributed by atoms with E-state index in [2.05, 4.69) is 41.3 Å². The van der Waals surface area contributed by atoms with E-state index in [1.165, 1.54) is 0 Å². The minimum absolute atomic E-state index is 0.343. The number of aromatic nitrogens is 4. The summed E-state index contributed by atoms with van der Waals surface area (Å²) in [6.07, 6.45) is 5.00. The topological polar surface area (TPSA) is 94.3 Å². The van der Waals surface area contributed by atoms with Gasteiger partial charge in [-0.25, -0.2) is 4.98 Å². The lowest BCUT2D eigenvalue weighted by molar-refractivity contribution is 1.05. The summed E-state index contributed by atoms with van der Waals surface area (Å²) in [6.45, 7) is 0. The van der Waals surface area contributed by atoms with Gasteiger partial charge in [0.25, 0.3) is 0 Å². The van der Waals surface area contributed by atoms with E-state index in [1.54, 1.807) is 18.9 Å². The normalized spacial score (nSPS) is 11.4. The minimum Gasteiger partial charge on any atom is -0.382 e. The summed E-state index contributed by atoms with van der Waals surface area (Å²) in [5.74, 6) is 0.343. The molecule has 0 fully saturated rings. The molecule has 4 aromatic rings. The van der Waals surface area contributed by atoms with Crippen LogP contribution in [0.5, 0.6) is 0 Å². The van der Waals surface area contributed by atoms with Gasteiger partial charge in [-0.05, 0) is 36.4 Å². The molecule has 0 aliphatic carbocycles. The van der Waals surface area contributed by atoms with Crippen molar-refractivity contribution in [2.75, 3.05) is 5.73 Å². The number of rotatable bonds is 3. The predicted octanol–water partition coefficient (Wildman–Crippen LogP) is 4.58. The number of fused-ring (bicyclic) bond motifs is 1. The predicted molar refractivity (Wildman–Crippen MR) is 99.4 cm³/mol. The molecule has 0 unspecified atom stereocenters. The van der Waals surface area contributed by atoms with E-state index < -0.39 is 0 Å². The third-order valence-electron chi connectivity index (χ3n) is 3.69. The fourth-order valence-electron chi connectivity index (χ4n) is 2.42. The third kappa shape index (κ3) is 3.11. The first kappa shape index (κ1) is 15.4. The number of nitrogen functional groups attached to an aromatic ring is 1. The van der Waals surface area contributed by atoms with Crippen molar-refractivity contribution in [1.29, 1.82) is 0 Å². The van der Waals surface area contributed by atoms with Crippen LogP contribution in [0.15, 0.2) is 76.0 Å². The molecule has 2 heterocycles. The summed E-state index contributed by atoms with van der Waals surface area (Å²) in [4.78, 5) is 4.19. The Morgan fingerprint density at radius 1 is 0.960 bits per heavy atom. The smallest absolute Gasteiger partial charge is 0.151 e. The molecule has 0 radical (unpaired) electrons. The third-order valence-corrected chi connectivity index (χ3v) is 4.18. The van der Waals surface area contributed by atoms with Crippen LogP contribution in [-0.2, 0) is 0 Å². The SMILES string of the molecule is Nc1ncc2ccc(Br)cc2c1N=Nc1ccc(-n2cnnc2)cc1. The number of hydrogen-bond acceptors (Lipinski definition) is 6. The van der Waals surface area contributed by atoms with Gasteiger partial charge in [0.2, 0.25) is 0 Å².